The lowest BCUT2D eigenvalue weighted by molar-refractivity contribution is -0.0172. The number of benzene rings is 1. The van der Waals surface area contributed by atoms with E-state index in [0.717, 1.165) is 5.56 Å². The number of rotatable bonds is 4. The predicted octanol–water partition coefficient (Wildman–Crippen LogP) is 3.77. The first-order chi connectivity index (χ1) is 19.5. The van der Waals surface area contributed by atoms with Crippen molar-refractivity contribution in [3.63, 3.8) is 0 Å². The summed E-state index contributed by atoms with van der Waals surface area (Å²) in [6.07, 6.45) is -0.318. The fourth-order valence-corrected chi connectivity index (χ4v) is 5.88. The van der Waals surface area contributed by atoms with E-state index >= 15 is 4.39 Å². The van der Waals surface area contributed by atoms with Crippen LogP contribution in [0, 0.1) is 5.82 Å². The van der Waals surface area contributed by atoms with Crippen molar-refractivity contribution in [3.8, 4) is 17.1 Å². The minimum absolute atomic E-state index is 0.00152. The molecule has 2 aromatic heterocycles. The van der Waals surface area contributed by atoms with E-state index in [9.17, 15) is 14.7 Å². The van der Waals surface area contributed by atoms with Gasteiger partial charge >= 0.3 is 6.09 Å². The molecule has 0 radical (unpaired) electrons. The summed E-state index contributed by atoms with van der Waals surface area (Å²) in [5.41, 5.74) is 1.91. The van der Waals surface area contributed by atoms with E-state index in [1.165, 1.54) is 12.1 Å². The SMILES string of the molecule is C=C1OCc2c(cc3n(c2=O)Cc2c-3nc3cc(F)c(OC(=O)N4CCN(C)CC4)cc3c2NC(C)C)[C@@]1(O)CC. The number of carbonyl (C=O) groups excluding carboxylic acids is 1. The molecule has 0 bridgehead atoms. The Bertz CT molecular complexity index is 1660. The molecule has 2 N–H and O–H groups in total. The number of fused-ring (bicyclic) bond motifs is 5. The molecule has 0 spiro atoms. The number of piperazine rings is 1. The predicted molar refractivity (Wildman–Crippen MR) is 152 cm³/mol. The van der Waals surface area contributed by atoms with Gasteiger partial charge in [-0.2, -0.15) is 0 Å². The number of hydrogen-bond acceptors (Lipinski definition) is 8. The number of nitrogens with zero attached hydrogens (tertiary/aromatic N) is 4. The molecule has 0 saturated carbocycles. The van der Waals surface area contributed by atoms with Crippen molar-refractivity contribution in [2.24, 2.45) is 0 Å². The van der Waals surface area contributed by atoms with Crippen molar-refractivity contribution >= 4 is 22.7 Å². The third kappa shape index (κ3) is 4.34. The molecule has 5 heterocycles. The van der Waals surface area contributed by atoms with Crippen LogP contribution in [0.15, 0.2) is 35.3 Å². The van der Waals surface area contributed by atoms with Crippen LogP contribution in [0.25, 0.3) is 22.3 Å². The van der Waals surface area contributed by atoms with Gasteiger partial charge in [-0.3, -0.25) is 4.79 Å². The van der Waals surface area contributed by atoms with Gasteiger partial charge in [0.05, 0.1) is 34.7 Å². The van der Waals surface area contributed by atoms with E-state index in [2.05, 4.69) is 16.8 Å². The third-order valence-electron chi connectivity index (χ3n) is 8.30. The third-order valence-corrected chi connectivity index (χ3v) is 8.30. The van der Waals surface area contributed by atoms with Crippen molar-refractivity contribution in [3.05, 3.63) is 63.4 Å². The van der Waals surface area contributed by atoms with Crippen molar-refractivity contribution in [2.75, 3.05) is 38.5 Å². The fourth-order valence-electron chi connectivity index (χ4n) is 5.88. The second kappa shape index (κ2) is 9.85. The first-order valence-corrected chi connectivity index (χ1v) is 13.9. The Morgan fingerprint density at radius 2 is 1.98 bits per heavy atom. The molecule has 3 aliphatic rings. The number of likely N-dealkylation sites (N-methyl/N-ethyl adjacent to an activating group) is 1. The molecule has 216 valence electrons. The summed E-state index contributed by atoms with van der Waals surface area (Å²) in [5, 5.41) is 15.4. The van der Waals surface area contributed by atoms with Gasteiger partial charge in [0.1, 0.15) is 18.0 Å². The van der Waals surface area contributed by atoms with E-state index in [4.69, 9.17) is 14.5 Å². The van der Waals surface area contributed by atoms with Gasteiger partial charge in [0.2, 0.25) is 0 Å². The van der Waals surface area contributed by atoms with E-state index < -0.39 is 17.5 Å². The molecule has 1 amide bonds. The van der Waals surface area contributed by atoms with Crippen molar-refractivity contribution in [1.29, 1.82) is 0 Å². The van der Waals surface area contributed by atoms with Crippen LogP contribution in [-0.2, 0) is 23.5 Å². The van der Waals surface area contributed by atoms with E-state index in [0.29, 0.717) is 65.3 Å². The zero-order chi connectivity index (χ0) is 29.2. The molecule has 6 rings (SSSR count). The summed E-state index contributed by atoms with van der Waals surface area (Å²) >= 11 is 0. The minimum Gasteiger partial charge on any atom is -0.490 e. The molecule has 10 nitrogen and oxygen atoms in total. The van der Waals surface area contributed by atoms with Crippen LogP contribution >= 0.6 is 0 Å². The molecular formula is C30H34FN5O5. The highest BCUT2D eigenvalue weighted by Gasteiger charge is 2.41. The van der Waals surface area contributed by atoms with Crippen LogP contribution in [0.1, 0.15) is 43.9 Å². The Kier molecular flexibility index (Phi) is 6.54. The molecule has 1 atom stereocenters. The van der Waals surface area contributed by atoms with Gasteiger partial charge in [-0.05, 0) is 39.4 Å². The molecule has 0 unspecified atom stereocenters. The number of hydrogen-bond donors (Lipinski definition) is 2. The maximum Gasteiger partial charge on any atom is 0.415 e. The number of pyridine rings is 2. The topological polar surface area (TPSA) is 109 Å². The number of nitrogens with one attached hydrogen (secondary N) is 1. The summed E-state index contributed by atoms with van der Waals surface area (Å²) in [6.45, 7) is 12.3. The highest BCUT2D eigenvalue weighted by molar-refractivity contribution is 5.98. The van der Waals surface area contributed by atoms with Gasteiger partial charge in [0, 0.05) is 54.8 Å². The van der Waals surface area contributed by atoms with Crippen LogP contribution in [0.4, 0.5) is 14.9 Å². The second-order valence-corrected chi connectivity index (χ2v) is 11.3. The molecule has 41 heavy (non-hydrogen) atoms. The molecular weight excluding hydrogens is 529 g/mol. The smallest absolute Gasteiger partial charge is 0.415 e. The molecule has 1 fully saturated rings. The highest BCUT2D eigenvalue weighted by atomic mass is 19.1. The summed E-state index contributed by atoms with van der Waals surface area (Å²) in [5.74, 6) is -0.691. The Labute approximate surface area is 237 Å². The van der Waals surface area contributed by atoms with E-state index in [-0.39, 0.29) is 42.7 Å². The van der Waals surface area contributed by atoms with Crippen molar-refractivity contribution < 1.29 is 23.8 Å². The molecule has 3 aliphatic heterocycles. The zero-order valence-corrected chi connectivity index (χ0v) is 23.7. The number of aromatic nitrogens is 2. The Morgan fingerprint density at radius 1 is 1.24 bits per heavy atom. The lowest BCUT2D eigenvalue weighted by Crippen LogP contribution is -2.48. The largest absolute Gasteiger partial charge is 0.490 e. The molecule has 1 aromatic carbocycles. The molecule has 11 heteroatoms. The number of ether oxygens (including phenoxy) is 2. The fraction of sp³-hybridized carbons (Fsp3) is 0.433. The standard InChI is InChI=1S/C30H34FN5O5/c1-6-30(39)17(4)40-15-20-21(30)12-24-27-19(14-36(24)28(20)37)26(32-16(2)3)18-11-25(22(31)13-23(18)33-27)41-29(38)35-9-7-34(5)8-10-35/h11-13,16,39H,4,6-10,14-15H2,1-3,5H3,(H,32,33)/t30-/m1/s1. The quantitative estimate of drug-likeness (QED) is 0.386. The first-order valence-electron chi connectivity index (χ1n) is 13.9. The maximum absolute atomic E-state index is 15.4. The number of anilines is 1. The summed E-state index contributed by atoms with van der Waals surface area (Å²) < 4.78 is 28.1. The molecule has 0 aliphatic carbocycles. The monoisotopic (exact) mass is 563 g/mol. The van der Waals surface area contributed by atoms with Crippen molar-refractivity contribution in [2.45, 2.75) is 52.0 Å². The lowest BCUT2D eigenvalue weighted by atomic mass is 9.84. The average Bonchev–Trinajstić information content (AvgIpc) is 3.30. The van der Waals surface area contributed by atoms with Crippen LogP contribution < -0.4 is 15.6 Å². The number of aliphatic hydroxyl groups is 1. The van der Waals surface area contributed by atoms with Gasteiger partial charge in [0.25, 0.3) is 5.56 Å². The van der Waals surface area contributed by atoms with Gasteiger partial charge in [0.15, 0.2) is 11.6 Å². The van der Waals surface area contributed by atoms with Crippen LogP contribution in [0.3, 0.4) is 0 Å². The van der Waals surface area contributed by atoms with E-state index in [1.54, 1.807) is 22.5 Å². The van der Waals surface area contributed by atoms with Gasteiger partial charge < -0.3 is 34.3 Å². The van der Waals surface area contributed by atoms with Gasteiger partial charge in [-0.1, -0.05) is 13.5 Å². The van der Waals surface area contributed by atoms with Crippen molar-refractivity contribution in [1.82, 2.24) is 19.4 Å². The summed E-state index contributed by atoms with van der Waals surface area (Å²) in [7, 11) is 1.98. The summed E-state index contributed by atoms with van der Waals surface area (Å²) in [6, 6.07) is 4.54. The number of halogens is 1. The first kappa shape index (κ1) is 27.2. The zero-order valence-electron chi connectivity index (χ0n) is 23.7. The number of amides is 1. The highest BCUT2D eigenvalue weighted by Crippen LogP contribution is 2.44. The Morgan fingerprint density at radius 3 is 2.66 bits per heavy atom. The van der Waals surface area contributed by atoms with E-state index in [1.807, 2.05) is 20.9 Å². The summed E-state index contributed by atoms with van der Waals surface area (Å²) in [4.78, 5) is 35.0. The van der Waals surface area contributed by atoms with Gasteiger partial charge in [-0.25, -0.2) is 14.2 Å². The normalized spacial score (nSPS) is 20.1. The van der Waals surface area contributed by atoms with Crippen LogP contribution in [-0.4, -0.2) is 69.8 Å². The minimum atomic E-state index is -1.50. The number of carbonyl (C=O) groups is 1. The Balaban J connectivity index is 1.48. The second-order valence-electron chi connectivity index (χ2n) is 11.3. The molecule has 1 saturated heterocycles. The van der Waals surface area contributed by atoms with Gasteiger partial charge in [-0.15, -0.1) is 0 Å². The average molecular weight is 564 g/mol. The van der Waals surface area contributed by atoms with Crippen LogP contribution in [0.2, 0.25) is 0 Å². The maximum atomic E-state index is 15.4. The van der Waals surface area contributed by atoms with Crippen LogP contribution in [0.5, 0.6) is 5.75 Å². The Hall–Kier alpha value is -3.96. The molecule has 3 aromatic rings. The lowest BCUT2D eigenvalue weighted by Gasteiger charge is -2.35.